The number of aromatic nitrogens is 1. The molecule has 0 spiro atoms. The first-order valence-corrected chi connectivity index (χ1v) is 7.17. The van der Waals surface area contributed by atoms with Crippen molar-refractivity contribution >= 4 is 16.9 Å². The highest BCUT2D eigenvalue weighted by atomic mass is 19.1. The average Bonchev–Trinajstić information content (AvgIpc) is 2.78. The Kier molecular flexibility index (Phi) is 3.47. The Morgan fingerprint density at radius 2 is 2.05 bits per heavy atom. The Balaban J connectivity index is 2.00. The molecule has 106 valence electrons. The average molecular weight is 275 g/mol. The molecule has 1 aromatic carbocycles. The molecule has 1 heterocycles. The summed E-state index contributed by atoms with van der Waals surface area (Å²) in [7, 11) is 0. The van der Waals surface area contributed by atoms with Crippen LogP contribution in [-0.2, 0) is 6.54 Å². The van der Waals surface area contributed by atoms with Gasteiger partial charge in [0, 0.05) is 18.1 Å². The fourth-order valence-corrected chi connectivity index (χ4v) is 3.23. The Labute approximate surface area is 117 Å². The number of aromatic carboxylic acids is 1. The van der Waals surface area contributed by atoms with Crippen molar-refractivity contribution < 1.29 is 14.3 Å². The molecule has 1 aromatic heterocycles. The van der Waals surface area contributed by atoms with Gasteiger partial charge in [-0.3, -0.25) is 0 Å². The minimum absolute atomic E-state index is 0.260. The zero-order valence-electron chi connectivity index (χ0n) is 11.3. The molecule has 1 aliphatic rings. The van der Waals surface area contributed by atoms with Gasteiger partial charge >= 0.3 is 5.97 Å². The van der Waals surface area contributed by atoms with Crippen molar-refractivity contribution in [3.05, 3.63) is 35.8 Å². The maximum absolute atomic E-state index is 13.4. The first kappa shape index (κ1) is 13.2. The third kappa shape index (κ3) is 2.42. The quantitative estimate of drug-likeness (QED) is 0.917. The van der Waals surface area contributed by atoms with Crippen molar-refractivity contribution in [1.29, 1.82) is 0 Å². The molecule has 1 N–H and O–H groups in total. The number of benzene rings is 1. The molecule has 0 bridgehead atoms. The van der Waals surface area contributed by atoms with Gasteiger partial charge in [0.2, 0.25) is 0 Å². The van der Waals surface area contributed by atoms with E-state index in [4.69, 9.17) is 0 Å². The first-order chi connectivity index (χ1) is 9.65. The van der Waals surface area contributed by atoms with Gasteiger partial charge in [0.15, 0.2) is 0 Å². The summed E-state index contributed by atoms with van der Waals surface area (Å²) in [6, 6.07) is 4.32. The zero-order valence-corrected chi connectivity index (χ0v) is 11.3. The molecule has 3 rings (SSSR count). The fraction of sp³-hybridized carbons (Fsp3) is 0.438. The van der Waals surface area contributed by atoms with Gasteiger partial charge in [-0.2, -0.15) is 0 Å². The van der Waals surface area contributed by atoms with Crippen LogP contribution in [0, 0.1) is 11.7 Å². The van der Waals surface area contributed by atoms with Crippen molar-refractivity contribution in [1.82, 2.24) is 4.57 Å². The van der Waals surface area contributed by atoms with Crippen LogP contribution in [0.5, 0.6) is 0 Å². The predicted octanol–water partition coefficient (Wildman–Crippen LogP) is 4.06. The number of carbonyl (C=O) groups is 1. The molecule has 0 unspecified atom stereocenters. The molecule has 1 aliphatic carbocycles. The normalized spacial score (nSPS) is 16.6. The summed E-state index contributed by atoms with van der Waals surface area (Å²) in [4.78, 5) is 11.3. The molecule has 0 atom stereocenters. The van der Waals surface area contributed by atoms with Crippen LogP contribution >= 0.6 is 0 Å². The summed E-state index contributed by atoms with van der Waals surface area (Å²) in [6.45, 7) is 0.785. The van der Waals surface area contributed by atoms with Crippen LogP contribution in [0.25, 0.3) is 10.9 Å². The van der Waals surface area contributed by atoms with E-state index in [9.17, 15) is 14.3 Å². The first-order valence-electron chi connectivity index (χ1n) is 7.17. The summed E-state index contributed by atoms with van der Waals surface area (Å²) in [5, 5.41) is 9.88. The van der Waals surface area contributed by atoms with Crippen molar-refractivity contribution in [3.63, 3.8) is 0 Å². The van der Waals surface area contributed by atoms with E-state index in [0.717, 1.165) is 6.54 Å². The highest BCUT2D eigenvalue weighted by Crippen LogP contribution is 2.28. The molecular weight excluding hydrogens is 257 g/mol. The van der Waals surface area contributed by atoms with E-state index in [-0.39, 0.29) is 11.4 Å². The Bertz CT molecular complexity index is 641. The van der Waals surface area contributed by atoms with Gasteiger partial charge in [-0.1, -0.05) is 19.3 Å². The van der Waals surface area contributed by atoms with Gasteiger partial charge in [-0.25, -0.2) is 9.18 Å². The van der Waals surface area contributed by atoms with Crippen LogP contribution in [0.4, 0.5) is 4.39 Å². The lowest BCUT2D eigenvalue weighted by atomic mass is 9.89. The molecule has 20 heavy (non-hydrogen) atoms. The maximum atomic E-state index is 13.4. The van der Waals surface area contributed by atoms with Gasteiger partial charge < -0.3 is 9.67 Å². The number of hydrogen-bond acceptors (Lipinski definition) is 1. The van der Waals surface area contributed by atoms with Crippen molar-refractivity contribution in [2.45, 2.75) is 38.6 Å². The largest absolute Gasteiger partial charge is 0.478 e. The molecule has 1 saturated carbocycles. The third-order valence-electron chi connectivity index (χ3n) is 4.25. The summed E-state index contributed by atoms with van der Waals surface area (Å²) < 4.78 is 15.4. The summed E-state index contributed by atoms with van der Waals surface area (Å²) in [6.07, 6.45) is 7.78. The lowest BCUT2D eigenvalue weighted by molar-refractivity contribution is 0.0698. The smallest absolute Gasteiger partial charge is 0.337 e. The number of nitrogens with zero attached hydrogens (tertiary/aromatic N) is 1. The molecule has 1 fully saturated rings. The monoisotopic (exact) mass is 275 g/mol. The van der Waals surface area contributed by atoms with Gasteiger partial charge in [-0.05, 0) is 37.0 Å². The van der Waals surface area contributed by atoms with Crippen molar-refractivity contribution in [2.75, 3.05) is 0 Å². The van der Waals surface area contributed by atoms with Crippen LogP contribution in [0.1, 0.15) is 42.5 Å². The minimum Gasteiger partial charge on any atom is -0.478 e. The van der Waals surface area contributed by atoms with Crippen molar-refractivity contribution in [2.24, 2.45) is 5.92 Å². The van der Waals surface area contributed by atoms with E-state index in [2.05, 4.69) is 0 Å². The fourth-order valence-electron chi connectivity index (χ4n) is 3.23. The molecule has 4 heteroatoms. The standard InChI is InChI=1S/C16H18FNO2/c17-12-6-7-13-14(16(19)20)10-18(15(13)8-12)9-11-4-2-1-3-5-11/h6-8,10-11H,1-5,9H2,(H,19,20). The van der Waals surface area contributed by atoms with Gasteiger partial charge in [0.1, 0.15) is 5.82 Å². The molecule has 2 aromatic rings. The van der Waals surface area contributed by atoms with Crippen LogP contribution in [0.2, 0.25) is 0 Å². The number of fused-ring (bicyclic) bond motifs is 1. The molecule has 0 aliphatic heterocycles. The molecular formula is C16H18FNO2. The van der Waals surface area contributed by atoms with E-state index in [1.807, 2.05) is 4.57 Å². The number of carboxylic acids is 1. The molecule has 0 saturated heterocycles. The Morgan fingerprint density at radius 1 is 1.30 bits per heavy atom. The van der Waals surface area contributed by atoms with E-state index in [1.165, 1.54) is 44.2 Å². The molecule has 3 nitrogen and oxygen atoms in total. The van der Waals surface area contributed by atoms with Gasteiger partial charge in [-0.15, -0.1) is 0 Å². The lowest BCUT2D eigenvalue weighted by Gasteiger charge is -2.22. The number of hydrogen-bond donors (Lipinski definition) is 1. The number of rotatable bonds is 3. The summed E-state index contributed by atoms with van der Waals surface area (Å²) >= 11 is 0. The topological polar surface area (TPSA) is 42.2 Å². The Hall–Kier alpha value is -1.84. The van der Waals surface area contributed by atoms with E-state index < -0.39 is 5.97 Å². The van der Waals surface area contributed by atoms with Crippen LogP contribution < -0.4 is 0 Å². The van der Waals surface area contributed by atoms with E-state index in [0.29, 0.717) is 16.8 Å². The number of carboxylic acid groups (broad SMARTS) is 1. The summed E-state index contributed by atoms with van der Waals surface area (Å²) in [5.41, 5.74) is 0.948. The third-order valence-corrected chi connectivity index (χ3v) is 4.25. The minimum atomic E-state index is -0.955. The highest BCUT2D eigenvalue weighted by molar-refractivity contribution is 6.03. The Morgan fingerprint density at radius 3 is 2.75 bits per heavy atom. The van der Waals surface area contributed by atoms with Crippen LogP contribution in [-0.4, -0.2) is 15.6 Å². The molecule has 0 radical (unpaired) electrons. The SMILES string of the molecule is O=C(O)c1cn(CC2CCCCC2)c2cc(F)ccc12. The molecule has 0 amide bonds. The number of halogens is 1. The highest BCUT2D eigenvalue weighted by Gasteiger charge is 2.18. The second-order valence-corrected chi connectivity index (χ2v) is 5.67. The van der Waals surface area contributed by atoms with Gasteiger partial charge in [0.25, 0.3) is 0 Å². The lowest BCUT2D eigenvalue weighted by Crippen LogP contribution is -2.13. The van der Waals surface area contributed by atoms with E-state index in [1.54, 1.807) is 12.3 Å². The predicted molar refractivity (Wildman–Crippen MR) is 75.4 cm³/mol. The van der Waals surface area contributed by atoms with E-state index >= 15 is 0 Å². The zero-order chi connectivity index (χ0) is 14.1. The van der Waals surface area contributed by atoms with Gasteiger partial charge in [0.05, 0.1) is 11.1 Å². The van der Waals surface area contributed by atoms with Crippen molar-refractivity contribution in [3.8, 4) is 0 Å². The van der Waals surface area contributed by atoms with Crippen LogP contribution in [0.3, 0.4) is 0 Å². The van der Waals surface area contributed by atoms with Crippen LogP contribution in [0.15, 0.2) is 24.4 Å². The summed E-state index contributed by atoms with van der Waals surface area (Å²) in [5.74, 6) is -0.703. The second-order valence-electron chi connectivity index (χ2n) is 5.67. The maximum Gasteiger partial charge on any atom is 0.337 e. The second kappa shape index (κ2) is 5.27.